The molecule has 0 amide bonds. The van der Waals surface area contributed by atoms with Gasteiger partial charge in [-0.05, 0) is 24.3 Å². The van der Waals surface area contributed by atoms with Crippen LogP contribution in [-0.2, 0) is 6.42 Å². The van der Waals surface area contributed by atoms with Crippen molar-refractivity contribution < 1.29 is 0 Å². The van der Waals surface area contributed by atoms with Crippen molar-refractivity contribution in [1.29, 1.82) is 0 Å². The molecule has 0 bridgehead atoms. The maximum atomic E-state index is 4.54. The second-order valence-electron chi connectivity index (χ2n) is 8.87. The van der Waals surface area contributed by atoms with Gasteiger partial charge in [-0.15, -0.1) is 0 Å². The van der Waals surface area contributed by atoms with Crippen molar-refractivity contribution in [3.63, 3.8) is 0 Å². The van der Waals surface area contributed by atoms with Crippen LogP contribution in [0.15, 0.2) is 40.3 Å². The largest absolute Gasteiger partial charge is 0.244 e. The molecule has 29 heavy (non-hydrogen) atoms. The first-order chi connectivity index (χ1) is 14.3. The normalized spacial score (nSPS) is 15.2. The van der Waals surface area contributed by atoms with Crippen molar-refractivity contribution in [3.05, 3.63) is 42.1 Å². The van der Waals surface area contributed by atoms with Gasteiger partial charge >= 0.3 is 0 Å². The molecule has 2 nitrogen and oxygen atoms in total. The summed E-state index contributed by atoms with van der Waals surface area (Å²) in [6, 6.07) is 10.9. The maximum absolute atomic E-state index is 4.54. The third kappa shape index (κ3) is 10.1. The summed E-state index contributed by atoms with van der Waals surface area (Å²) >= 11 is 0. The second kappa shape index (κ2) is 15.3. The summed E-state index contributed by atoms with van der Waals surface area (Å²) in [7, 11) is 0. The minimum absolute atomic E-state index is 0.480. The van der Waals surface area contributed by atoms with E-state index in [9.17, 15) is 0 Å². The first-order valence-corrected chi connectivity index (χ1v) is 12.3. The van der Waals surface area contributed by atoms with E-state index in [2.05, 4.69) is 54.2 Å². The molecule has 1 aliphatic rings. The average Bonchev–Trinajstić information content (AvgIpc) is 3.26. The smallest absolute Gasteiger partial charge is 0.0965 e. The molecule has 0 fully saturated rings. The molecule has 1 aliphatic heterocycles. The molecule has 0 radical (unpaired) electrons. The Kier molecular flexibility index (Phi) is 12.5. The van der Waals surface area contributed by atoms with Crippen LogP contribution >= 0.6 is 0 Å². The Morgan fingerprint density at radius 2 is 1.24 bits per heavy atom. The second-order valence-corrected chi connectivity index (χ2v) is 8.87. The SMILES string of the molecule is CCCCCCCCCCCCCCC([C+]1N=CC=N1)C(C)Cc1ccccc1. The van der Waals surface area contributed by atoms with Gasteiger partial charge in [0.2, 0.25) is 6.17 Å². The first kappa shape index (κ1) is 23.7. The Morgan fingerprint density at radius 1 is 0.724 bits per heavy atom. The van der Waals surface area contributed by atoms with Crippen molar-refractivity contribution in [1.82, 2.24) is 0 Å². The number of benzene rings is 1. The predicted octanol–water partition coefficient (Wildman–Crippen LogP) is 8.22. The Morgan fingerprint density at radius 3 is 1.79 bits per heavy atom. The van der Waals surface area contributed by atoms with Crippen LogP contribution in [0.2, 0.25) is 0 Å². The van der Waals surface area contributed by atoms with Gasteiger partial charge in [0.1, 0.15) is 0 Å². The number of hydrogen-bond acceptors (Lipinski definition) is 2. The predicted molar refractivity (Wildman–Crippen MR) is 129 cm³/mol. The molecule has 0 saturated carbocycles. The van der Waals surface area contributed by atoms with Gasteiger partial charge in [0.05, 0.1) is 5.92 Å². The van der Waals surface area contributed by atoms with Crippen molar-refractivity contribution in [3.8, 4) is 0 Å². The van der Waals surface area contributed by atoms with Crippen molar-refractivity contribution in [2.75, 3.05) is 0 Å². The molecule has 0 N–H and O–H groups in total. The van der Waals surface area contributed by atoms with E-state index in [1.807, 2.05) is 12.4 Å². The van der Waals surface area contributed by atoms with Gasteiger partial charge in [0.25, 0.3) is 0 Å². The van der Waals surface area contributed by atoms with Crippen LogP contribution in [0.3, 0.4) is 0 Å². The van der Waals surface area contributed by atoms with Crippen LogP contribution in [-0.4, -0.2) is 12.4 Å². The van der Waals surface area contributed by atoms with E-state index >= 15 is 0 Å². The summed E-state index contributed by atoms with van der Waals surface area (Å²) in [6.45, 7) is 4.66. The molecular weight excluding hydrogens is 352 g/mol. The highest BCUT2D eigenvalue weighted by Gasteiger charge is 2.33. The highest BCUT2D eigenvalue weighted by atomic mass is 15.0. The van der Waals surface area contributed by atoms with Gasteiger partial charge in [0, 0.05) is 0 Å². The lowest BCUT2D eigenvalue weighted by Gasteiger charge is -2.22. The zero-order valence-electron chi connectivity index (χ0n) is 19.0. The molecule has 2 heteroatoms. The average molecular weight is 396 g/mol. The molecule has 160 valence electrons. The lowest BCUT2D eigenvalue weighted by molar-refractivity contribution is 0.330. The van der Waals surface area contributed by atoms with Gasteiger partial charge in [0.15, 0.2) is 12.4 Å². The maximum Gasteiger partial charge on any atom is 0.244 e. The fraction of sp³-hybridized carbons (Fsp3) is 0.667. The summed E-state index contributed by atoms with van der Waals surface area (Å²) in [4.78, 5) is 9.09. The van der Waals surface area contributed by atoms with Crippen LogP contribution < -0.4 is 0 Å². The molecule has 0 saturated heterocycles. The summed E-state index contributed by atoms with van der Waals surface area (Å²) < 4.78 is 0. The van der Waals surface area contributed by atoms with Crippen LogP contribution in [0, 0.1) is 18.0 Å². The third-order valence-electron chi connectivity index (χ3n) is 6.27. The summed E-state index contributed by atoms with van der Waals surface area (Å²) in [5, 5.41) is 0. The number of aliphatic imine (C=N–C) groups is 2. The molecule has 2 rings (SSSR count). The van der Waals surface area contributed by atoms with E-state index < -0.39 is 0 Å². The molecular formula is C27H43N2+. The fourth-order valence-corrected chi connectivity index (χ4v) is 4.45. The molecule has 1 aromatic rings. The minimum Gasteiger partial charge on any atom is -0.0965 e. The number of unbranched alkanes of at least 4 members (excludes halogenated alkanes) is 11. The summed E-state index contributed by atoms with van der Waals surface area (Å²) in [5.41, 5.74) is 1.42. The molecule has 2 unspecified atom stereocenters. The van der Waals surface area contributed by atoms with E-state index in [0.29, 0.717) is 11.8 Å². The van der Waals surface area contributed by atoms with Gasteiger partial charge < -0.3 is 0 Å². The lowest BCUT2D eigenvalue weighted by atomic mass is 9.82. The molecule has 0 spiro atoms. The zero-order valence-corrected chi connectivity index (χ0v) is 19.0. The molecule has 0 aliphatic carbocycles. The molecule has 1 heterocycles. The Hall–Kier alpha value is -1.57. The number of hydrogen-bond donors (Lipinski definition) is 0. The third-order valence-corrected chi connectivity index (χ3v) is 6.27. The highest BCUT2D eigenvalue weighted by Crippen LogP contribution is 2.33. The summed E-state index contributed by atoms with van der Waals surface area (Å²) in [5.74, 6) is 1.06. The Bertz CT molecular complexity index is 551. The van der Waals surface area contributed by atoms with E-state index in [4.69, 9.17) is 0 Å². The number of rotatable bonds is 17. The summed E-state index contributed by atoms with van der Waals surface area (Å²) in [6.07, 6.45) is 23.9. The number of nitrogens with zero attached hydrogens (tertiary/aromatic N) is 2. The highest BCUT2D eigenvalue weighted by molar-refractivity contribution is 6.18. The van der Waals surface area contributed by atoms with E-state index in [1.54, 1.807) is 0 Å². The minimum atomic E-state index is 0.480. The first-order valence-electron chi connectivity index (χ1n) is 12.3. The van der Waals surface area contributed by atoms with Gasteiger partial charge in [-0.2, -0.15) is 0 Å². The fourth-order valence-electron chi connectivity index (χ4n) is 4.45. The topological polar surface area (TPSA) is 24.7 Å². The molecule has 0 aromatic heterocycles. The van der Waals surface area contributed by atoms with Crippen molar-refractivity contribution in [2.24, 2.45) is 21.8 Å². The van der Waals surface area contributed by atoms with Crippen molar-refractivity contribution in [2.45, 2.75) is 104 Å². The zero-order chi connectivity index (χ0) is 20.6. The quantitative estimate of drug-likeness (QED) is 0.187. The van der Waals surface area contributed by atoms with Gasteiger partial charge in [-0.3, -0.25) is 0 Å². The van der Waals surface area contributed by atoms with Crippen LogP contribution in [0.25, 0.3) is 0 Å². The van der Waals surface area contributed by atoms with Crippen LogP contribution in [0.4, 0.5) is 0 Å². The van der Waals surface area contributed by atoms with Crippen molar-refractivity contribution >= 4 is 12.4 Å². The standard InChI is InChI=1S/C27H43N2/c1-3-4-5-6-7-8-9-10-11-12-13-17-20-26(27-28-21-22-29-27)24(2)23-25-18-15-14-16-19-25/h14-16,18-19,21-22,24,26H,3-13,17,20,23H2,1-2H3/q+1. The molecule has 2 atom stereocenters. The van der Waals surface area contributed by atoms with Gasteiger partial charge in [-0.25, -0.2) is 0 Å². The van der Waals surface area contributed by atoms with E-state index in [1.165, 1.54) is 89.0 Å². The van der Waals surface area contributed by atoms with Gasteiger partial charge in [-0.1, -0.05) is 131 Å². The van der Waals surface area contributed by atoms with E-state index in [-0.39, 0.29) is 0 Å². The van der Waals surface area contributed by atoms with Crippen LogP contribution in [0.5, 0.6) is 0 Å². The van der Waals surface area contributed by atoms with E-state index in [0.717, 1.165) is 12.6 Å². The Labute approximate surface area is 180 Å². The molecule has 1 aromatic carbocycles. The lowest BCUT2D eigenvalue weighted by Crippen LogP contribution is -2.19. The van der Waals surface area contributed by atoms with Crippen LogP contribution in [0.1, 0.15) is 103 Å². The monoisotopic (exact) mass is 395 g/mol. The Balaban J connectivity index is 1.58.